The number of pyridine rings is 1. The third-order valence-corrected chi connectivity index (χ3v) is 5.05. The Morgan fingerprint density at radius 1 is 1.10 bits per heavy atom. The molecule has 0 saturated carbocycles. The summed E-state index contributed by atoms with van der Waals surface area (Å²) in [5.74, 6) is -0.0789. The summed E-state index contributed by atoms with van der Waals surface area (Å²) in [4.78, 5) is 32.8. The summed E-state index contributed by atoms with van der Waals surface area (Å²) >= 11 is 12.1. The van der Waals surface area contributed by atoms with Gasteiger partial charge in [-0.1, -0.05) is 23.2 Å². The molecular weight excluding hydrogens is 441 g/mol. The summed E-state index contributed by atoms with van der Waals surface area (Å²) in [6, 6.07) is 6.46. The van der Waals surface area contributed by atoms with Gasteiger partial charge in [-0.3, -0.25) is 4.79 Å². The number of hydrogen-bond acceptors (Lipinski definition) is 6. The number of aromatic nitrogens is 1. The molecule has 31 heavy (non-hydrogen) atoms. The van der Waals surface area contributed by atoms with Crippen LogP contribution in [0, 0.1) is 0 Å². The fourth-order valence-corrected chi connectivity index (χ4v) is 3.47. The van der Waals surface area contributed by atoms with Crippen LogP contribution in [0.1, 0.15) is 31.1 Å². The van der Waals surface area contributed by atoms with E-state index in [2.05, 4.69) is 10.3 Å². The molecule has 0 spiro atoms. The maximum absolute atomic E-state index is 12.8. The monoisotopic (exact) mass is 465 g/mol. The van der Waals surface area contributed by atoms with Crippen molar-refractivity contribution in [2.45, 2.75) is 26.4 Å². The van der Waals surface area contributed by atoms with Gasteiger partial charge in [0, 0.05) is 37.4 Å². The molecule has 0 aliphatic carbocycles. The molecule has 3 N–H and O–H groups in total. The normalized spacial score (nSPS) is 14.4. The highest BCUT2D eigenvalue weighted by Gasteiger charge is 2.27. The minimum Gasteiger partial charge on any atom is -0.444 e. The van der Waals surface area contributed by atoms with E-state index in [1.165, 1.54) is 12.3 Å². The molecule has 3 rings (SSSR count). The van der Waals surface area contributed by atoms with Crippen LogP contribution < -0.4 is 16.0 Å². The lowest BCUT2D eigenvalue weighted by Crippen LogP contribution is -2.50. The smallest absolute Gasteiger partial charge is 0.410 e. The topological polar surface area (TPSA) is 101 Å². The molecular formula is C21H25Cl2N5O3. The Labute approximate surface area is 191 Å². The first kappa shape index (κ1) is 23.0. The van der Waals surface area contributed by atoms with Gasteiger partial charge >= 0.3 is 6.09 Å². The summed E-state index contributed by atoms with van der Waals surface area (Å²) in [6.45, 7) is 7.50. The van der Waals surface area contributed by atoms with E-state index in [1.54, 1.807) is 23.1 Å². The number of halogens is 2. The van der Waals surface area contributed by atoms with E-state index < -0.39 is 11.5 Å². The van der Waals surface area contributed by atoms with E-state index in [0.717, 1.165) is 0 Å². The summed E-state index contributed by atoms with van der Waals surface area (Å²) < 4.78 is 5.43. The third kappa shape index (κ3) is 5.92. The van der Waals surface area contributed by atoms with E-state index in [0.29, 0.717) is 53.4 Å². The van der Waals surface area contributed by atoms with Crippen molar-refractivity contribution < 1.29 is 14.3 Å². The molecule has 1 aromatic carbocycles. The highest BCUT2D eigenvalue weighted by Crippen LogP contribution is 2.32. The van der Waals surface area contributed by atoms with Crippen LogP contribution in [0.4, 0.5) is 22.0 Å². The Bertz CT molecular complexity index is 968. The van der Waals surface area contributed by atoms with E-state index in [9.17, 15) is 9.59 Å². The Morgan fingerprint density at radius 2 is 1.77 bits per heavy atom. The average Bonchev–Trinajstić information content (AvgIpc) is 2.70. The van der Waals surface area contributed by atoms with Crippen LogP contribution >= 0.6 is 23.2 Å². The van der Waals surface area contributed by atoms with Crippen LogP contribution in [0.2, 0.25) is 10.0 Å². The van der Waals surface area contributed by atoms with Gasteiger partial charge in [0.25, 0.3) is 5.91 Å². The number of nitrogens with one attached hydrogen (secondary N) is 1. The maximum atomic E-state index is 12.8. The number of piperazine rings is 1. The number of nitrogens with two attached hydrogens (primary N) is 1. The van der Waals surface area contributed by atoms with E-state index in [-0.39, 0.29) is 11.7 Å². The van der Waals surface area contributed by atoms with Crippen molar-refractivity contribution in [3.05, 3.63) is 46.1 Å². The van der Waals surface area contributed by atoms with Crippen molar-refractivity contribution in [1.29, 1.82) is 0 Å². The number of carbonyl (C=O) groups is 2. The van der Waals surface area contributed by atoms with E-state index >= 15 is 0 Å². The van der Waals surface area contributed by atoms with Crippen molar-refractivity contribution in [3.63, 3.8) is 0 Å². The van der Waals surface area contributed by atoms with E-state index in [1.807, 2.05) is 25.7 Å². The first-order valence-electron chi connectivity index (χ1n) is 9.78. The molecule has 2 amide bonds. The number of carbonyl (C=O) groups excluding carboxylic acids is 2. The summed E-state index contributed by atoms with van der Waals surface area (Å²) in [7, 11) is 0. The van der Waals surface area contributed by atoms with Gasteiger partial charge in [0.2, 0.25) is 0 Å². The molecule has 0 atom stereocenters. The van der Waals surface area contributed by atoms with Crippen LogP contribution in [-0.4, -0.2) is 53.7 Å². The standard InChI is InChI=1S/C21H25Cl2N5O3/c1-21(2,3)31-20(30)28-8-6-27(7-9-28)16-11-14(23)10-15(18(16)24)19(29)26-17-5-4-13(22)12-25-17/h4-5,10-12H,6-9,24H2,1-3H3,(H,25,26,29). The fourth-order valence-electron chi connectivity index (χ4n) is 3.14. The van der Waals surface area contributed by atoms with Crippen LogP contribution in [0.25, 0.3) is 0 Å². The number of hydrogen-bond donors (Lipinski definition) is 2. The summed E-state index contributed by atoms with van der Waals surface area (Å²) in [5.41, 5.74) is 6.98. The van der Waals surface area contributed by atoms with Crippen molar-refractivity contribution in [3.8, 4) is 0 Å². The van der Waals surface area contributed by atoms with Crippen LogP contribution in [0.15, 0.2) is 30.5 Å². The largest absolute Gasteiger partial charge is 0.444 e. The molecule has 10 heteroatoms. The predicted molar refractivity (Wildman–Crippen MR) is 123 cm³/mol. The van der Waals surface area contributed by atoms with Crippen LogP contribution in [-0.2, 0) is 4.74 Å². The number of amides is 2. The molecule has 1 saturated heterocycles. The zero-order chi connectivity index (χ0) is 22.8. The molecule has 2 aromatic rings. The molecule has 0 radical (unpaired) electrons. The number of rotatable bonds is 3. The molecule has 0 unspecified atom stereocenters. The lowest BCUT2D eigenvalue weighted by Gasteiger charge is -2.37. The Balaban J connectivity index is 1.73. The zero-order valence-corrected chi connectivity index (χ0v) is 19.1. The number of benzene rings is 1. The third-order valence-electron chi connectivity index (χ3n) is 4.61. The van der Waals surface area contributed by atoms with Gasteiger partial charge in [-0.2, -0.15) is 0 Å². The highest BCUT2D eigenvalue weighted by molar-refractivity contribution is 6.32. The second-order valence-electron chi connectivity index (χ2n) is 8.16. The lowest BCUT2D eigenvalue weighted by molar-refractivity contribution is 0.0240. The second-order valence-corrected chi connectivity index (χ2v) is 9.03. The van der Waals surface area contributed by atoms with Crippen molar-refractivity contribution in [2.24, 2.45) is 0 Å². The van der Waals surface area contributed by atoms with E-state index in [4.69, 9.17) is 33.7 Å². The number of nitrogen functional groups attached to an aromatic ring is 1. The summed E-state index contributed by atoms with van der Waals surface area (Å²) in [6.07, 6.45) is 1.09. The minimum absolute atomic E-state index is 0.244. The Kier molecular flexibility index (Phi) is 6.81. The first-order valence-corrected chi connectivity index (χ1v) is 10.5. The zero-order valence-electron chi connectivity index (χ0n) is 17.6. The van der Waals surface area contributed by atoms with Crippen molar-refractivity contribution in [1.82, 2.24) is 9.88 Å². The van der Waals surface area contributed by atoms with Gasteiger partial charge in [0.05, 0.1) is 22.0 Å². The first-order chi connectivity index (χ1) is 14.5. The Hall–Kier alpha value is -2.71. The van der Waals surface area contributed by atoms with Gasteiger partial charge < -0.3 is 25.6 Å². The number of ether oxygens (including phenoxy) is 1. The molecule has 1 aliphatic heterocycles. The molecule has 1 aromatic heterocycles. The van der Waals surface area contributed by atoms with Gasteiger partial charge in [-0.25, -0.2) is 9.78 Å². The van der Waals surface area contributed by atoms with Gasteiger partial charge in [-0.05, 0) is 45.0 Å². The average molecular weight is 466 g/mol. The lowest BCUT2D eigenvalue weighted by atomic mass is 10.1. The van der Waals surface area contributed by atoms with Gasteiger partial charge in [-0.15, -0.1) is 0 Å². The minimum atomic E-state index is -0.549. The van der Waals surface area contributed by atoms with Crippen LogP contribution in [0.5, 0.6) is 0 Å². The number of anilines is 3. The molecule has 1 fully saturated rings. The van der Waals surface area contributed by atoms with Crippen LogP contribution in [0.3, 0.4) is 0 Å². The SMILES string of the molecule is CC(C)(C)OC(=O)N1CCN(c2cc(Cl)cc(C(=O)Nc3ccc(Cl)cn3)c2N)CC1. The maximum Gasteiger partial charge on any atom is 0.410 e. The van der Waals surface area contributed by atoms with Crippen molar-refractivity contribution >= 4 is 52.4 Å². The molecule has 1 aliphatic rings. The molecule has 0 bridgehead atoms. The van der Waals surface area contributed by atoms with Crippen molar-refractivity contribution in [2.75, 3.05) is 42.1 Å². The quantitative estimate of drug-likeness (QED) is 0.655. The fraction of sp³-hybridized carbons (Fsp3) is 0.381. The highest BCUT2D eigenvalue weighted by atomic mass is 35.5. The summed E-state index contributed by atoms with van der Waals surface area (Å²) in [5, 5.41) is 3.54. The van der Waals surface area contributed by atoms with Gasteiger partial charge in [0.15, 0.2) is 0 Å². The van der Waals surface area contributed by atoms with Gasteiger partial charge in [0.1, 0.15) is 11.4 Å². The molecule has 166 valence electrons. The molecule has 2 heterocycles. The second kappa shape index (κ2) is 9.20. The number of nitrogens with zero attached hydrogens (tertiary/aromatic N) is 3. The Morgan fingerprint density at radius 3 is 2.35 bits per heavy atom. The molecule has 8 nitrogen and oxygen atoms in total. The predicted octanol–water partition coefficient (Wildman–Crippen LogP) is 4.28.